The maximum Gasteiger partial charge on any atom is 0.250 e. The summed E-state index contributed by atoms with van der Waals surface area (Å²) in [4.78, 5) is 13.0. The van der Waals surface area contributed by atoms with E-state index in [1.807, 2.05) is 6.92 Å². The lowest BCUT2D eigenvalue weighted by Gasteiger charge is -2.37. The van der Waals surface area contributed by atoms with Crippen molar-refractivity contribution in [3.8, 4) is 0 Å². The first-order valence-electron chi connectivity index (χ1n) is 6.32. The number of carbonyl (C=O) groups is 1. The van der Waals surface area contributed by atoms with Crippen LogP contribution in [-0.2, 0) is 4.74 Å². The van der Waals surface area contributed by atoms with E-state index in [4.69, 9.17) is 16.2 Å². The third-order valence-electron chi connectivity index (χ3n) is 3.26. The van der Waals surface area contributed by atoms with Gasteiger partial charge in [-0.25, -0.2) is 4.39 Å². The molecule has 20 heavy (non-hydrogen) atoms. The molecule has 0 aliphatic carbocycles. The van der Waals surface area contributed by atoms with E-state index in [0.29, 0.717) is 13.1 Å². The zero-order chi connectivity index (χ0) is 14.9. The largest absolute Gasteiger partial charge is 0.398 e. The molecule has 1 saturated heterocycles. The average molecular weight is 283 g/mol. The van der Waals surface area contributed by atoms with Gasteiger partial charge in [-0.1, -0.05) is 0 Å². The van der Waals surface area contributed by atoms with Gasteiger partial charge < -0.3 is 26.2 Å². The number of hydrogen-bond acceptors (Lipinski definition) is 5. The molecule has 1 aliphatic rings. The summed E-state index contributed by atoms with van der Waals surface area (Å²) in [5.41, 5.74) is 11.1. The Morgan fingerprint density at radius 2 is 2.25 bits per heavy atom. The first-order valence-corrected chi connectivity index (χ1v) is 6.32. The number of primary amides is 1. The molecule has 5 N–H and O–H groups in total. The van der Waals surface area contributed by atoms with Crippen molar-refractivity contribution >= 4 is 17.3 Å². The number of benzene rings is 1. The summed E-state index contributed by atoms with van der Waals surface area (Å²) in [5.74, 6) is -1.23. The van der Waals surface area contributed by atoms with Gasteiger partial charge in [-0.05, 0) is 19.1 Å². The molecule has 2 atom stereocenters. The monoisotopic (exact) mass is 283 g/mol. The molecular formula is C13H18FN3O3. The molecule has 1 fully saturated rings. The van der Waals surface area contributed by atoms with Crippen molar-refractivity contribution < 1.29 is 19.0 Å². The molecule has 1 heterocycles. The lowest BCUT2D eigenvalue weighted by Crippen LogP contribution is -2.48. The third-order valence-corrected chi connectivity index (χ3v) is 3.26. The highest BCUT2D eigenvalue weighted by Gasteiger charge is 2.27. The predicted octanol–water partition coefficient (Wildman–Crippen LogP) is 0.0928. The van der Waals surface area contributed by atoms with Crippen LogP contribution in [0.25, 0.3) is 0 Å². The van der Waals surface area contributed by atoms with Crippen LogP contribution >= 0.6 is 0 Å². The first-order chi connectivity index (χ1) is 9.42. The van der Waals surface area contributed by atoms with Crippen molar-refractivity contribution in [2.45, 2.75) is 19.1 Å². The number of nitrogens with zero attached hydrogens (tertiary/aromatic N) is 1. The van der Waals surface area contributed by atoms with Gasteiger partial charge in [0.05, 0.1) is 30.1 Å². The van der Waals surface area contributed by atoms with Gasteiger partial charge >= 0.3 is 0 Å². The normalized spacial score (nSPS) is 22.9. The Hall–Kier alpha value is -1.86. The smallest absolute Gasteiger partial charge is 0.250 e. The van der Waals surface area contributed by atoms with Crippen LogP contribution in [0.2, 0.25) is 0 Å². The number of aliphatic hydroxyl groups is 1. The summed E-state index contributed by atoms with van der Waals surface area (Å²) in [5, 5.41) is 9.19. The first kappa shape index (κ1) is 14.5. The highest BCUT2D eigenvalue weighted by atomic mass is 19.1. The molecule has 1 aromatic carbocycles. The summed E-state index contributed by atoms with van der Waals surface area (Å²) in [6.07, 6.45) is -0.553. The van der Waals surface area contributed by atoms with E-state index in [1.165, 1.54) is 6.07 Å². The molecule has 7 heteroatoms. The molecule has 1 amide bonds. The second kappa shape index (κ2) is 5.64. The summed E-state index contributed by atoms with van der Waals surface area (Å²) in [6, 6.07) is 2.43. The predicted molar refractivity (Wildman–Crippen MR) is 73.0 cm³/mol. The lowest BCUT2D eigenvalue weighted by atomic mass is 10.1. The van der Waals surface area contributed by atoms with Crippen molar-refractivity contribution in [2.75, 3.05) is 30.3 Å². The highest BCUT2D eigenvalue weighted by Crippen LogP contribution is 2.27. The van der Waals surface area contributed by atoms with Gasteiger partial charge in [0, 0.05) is 18.8 Å². The second-order valence-corrected chi connectivity index (χ2v) is 4.91. The number of amides is 1. The van der Waals surface area contributed by atoms with Gasteiger partial charge in [-0.15, -0.1) is 0 Å². The van der Waals surface area contributed by atoms with Gasteiger partial charge in [0.1, 0.15) is 5.82 Å². The Balaban J connectivity index is 2.36. The molecule has 1 aromatic rings. The average Bonchev–Trinajstić information content (AvgIpc) is 2.37. The Morgan fingerprint density at radius 3 is 2.85 bits per heavy atom. The number of aliphatic hydroxyl groups excluding tert-OH is 1. The number of hydrogen-bond donors (Lipinski definition) is 3. The van der Waals surface area contributed by atoms with Crippen LogP contribution in [0.3, 0.4) is 0 Å². The number of anilines is 2. The summed E-state index contributed by atoms with van der Waals surface area (Å²) < 4.78 is 19.6. The van der Waals surface area contributed by atoms with Gasteiger partial charge in [0.15, 0.2) is 0 Å². The fraction of sp³-hybridized carbons (Fsp3) is 0.462. The summed E-state index contributed by atoms with van der Waals surface area (Å²) in [6.45, 7) is 2.47. The zero-order valence-corrected chi connectivity index (χ0v) is 11.2. The minimum Gasteiger partial charge on any atom is -0.398 e. The standard InChI is InChI=1S/C13H18FN3O3/c1-7-4-17(5-8(6-18)20-7)12-2-9(13(16)19)11(15)3-10(12)14/h2-3,7-8,18H,4-6,15H2,1H3,(H2,16,19). The summed E-state index contributed by atoms with van der Waals surface area (Å²) >= 11 is 0. The minimum absolute atomic E-state index is 0.0127. The molecule has 1 aliphatic heterocycles. The van der Waals surface area contributed by atoms with E-state index >= 15 is 0 Å². The topological polar surface area (TPSA) is 102 Å². The number of rotatable bonds is 3. The number of nitrogens with two attached hydrogens (primary N) is 2. The van der Waals surface area contributed by atoms with E-state index in [1.54, 1.807) is 4.90 Å². The van der Waals surface area contributed by atoms with Crippen LogP contribution in [0, 0.1) is 5.82 Å². The van der Waals surface area contributed by atoms with Crippen molar-refractivity contribution in [1.82, 2.24) is 0 Å². The molecule has 110 valence electrons. The molecule has 2 rings (SSSR count). The zero-order valence-electron chi connectivity index (χ0n) is 11.2. The third kappa shape index (κ3) is 2.83. The molecular weight excluding hydrogens is 265 g/mol. The number of morpholine rings is 1. The second-order valence-electron chi connectivity index (χ2n) is 4.91. The van der Waals surface area contributed by atoms with Gasteiger partial charge in [0.2, 0.25) is 0 Å². The Kier molecular flexibility index (Phi) is 4.10. The number of halogens is 1. The Bertz CT molecular complexity index is 524. The van der Waals surface area contributed by atoms with Crippen LogP contribution in [0.15, 0.2) is 12.1 Å². The Labute approximate surface area is 116 Å². The van der Waals surface area contributed by atoms with Gasteiger partial charge in [0.25, 0.3) is 5.91 Å². The number of nitrogen functional groups attached to an aromatic ring is 1. The minimum atomic E-state index is -0.705. The summed E-state index contributed by atoms with van der Waals surface area (Å²) in [7, 11) is 0. The lowest BCUT2D eigenvalue weighted by molar-refractivity contribution is -0.0422. The highest BCUT2D eigenvalue weighted by molar-refractivity contribution is 5.99. The molecule has 0 radical (unpaired) electrons. The van der Waals surface area contributed by atoms with Crippen LogP contribution in [0.5, 0.6) is 0 Å². The molecule has 2 unspecified atom stereocenters. The molecule has 0 saturated carbocycles. The van der Waals surface area contributed by atoms with E-state index in [9.17, 15) is 14.3 Å². The fourth-order valence-electron chi connectivity index (χ4n) is 2.38. The molecule has 6 nitrogen and oxygen atoms in total. The van der Waals surface area contributed by atoms with E-state index < -0.39 is 17.8 Å². The van der Waals surface area contributed by atoms with Crippen molar-refractivity contribution in [2.24, 2.45) is 5.73 Å². The number of ether oxygens (including phenoxy) is 1. The van der Waals surface area contributed by atoms with Crippen LogP contribution in [-0.4, -0.2) is 42.9 Å². The SMILES string of the molecule is CC1CN(c2cc(C(N)=O)c(N)cc2F)CC(CO)O1. The van der Waals surface area contributed by atoms with Crippen molar-refractivity contribution in [3.63, 3.8) is 0 Å². The van der Waals surface area contributed by atoms with E-state index in [2.05, 4.69) is 0 Å². The maximum atomic E-state index is 14.1. The van der Waals surface area contributed by atoms with Crippen LogP contribution in [0.4, 0.5) is 15.8 Å². The maximum absolute atomic E-state index is 14.1. The van der Waals surface area contributed by atoms with Gasteiger partial charge in [-0.3, -0.25) is 4.79 Å². The Morgan fingerprint density at radius 1 is 1.55 bits per heavy atom. The van der Waals surface area contributed by atoms with Crippen LogP contribution < -0.4 is 16.4 Å². The molecule has 0 spiro atoms. The molecule has 0 aromatic heterocycles. The van der Waals surface area contributed by atoms with Gasteiger partial charge in [-0.2, -0.15) is 0 Å². The molecule has 0 bridgehead atoms. The van der Waals surface area contributed by atoms with Crippen molar-refractivity contribution in [1.29, 1.82) is 0 Å². The van der Waals surface area contributed by atoms with E-state index in [-0.39, 0.29) is 29.6 Å². The number of carbonyl (C=O) groups excluding carboxylic acids is 1. The fourth-order valence-corrected chi connectivity index (χ4v) is 2.38. The van der Waals surface area contributed by atoms with Crippen molar-refractivity contribution in [3.05, 3.63) is 23.5 Å². The quantitative estimate of drug-likeness (QED) is 0.683. The van der Waals surface area contributed by atoms with E-state index in [0.717, 1.165) is 6.07 Å². The van der Waals surface area contributed by atoms with Crippen LogP contribution in [0.1, 0.15) is 17.3 Å².